The molecule has 0 unspecified atom stereocenters. The molecule has 5 rings (SSSR count). The first kappa shape index (κ1) is 33.8. The molecule has 0 radical (unpaired) electrons. The Labute approximate surface area is 288 Å². The first-order valence-electron chi connectivity index (χ1n) is 15.2. The first-order valence-corrected chi connectivity index (χ1v) is 15.2. The van der Waals surface area contributed by atoms with E-state index in [-0.39, 0.29) is 68.9 Å². The number of fused-ring (bicyclic) bond motifs is 2. The van der Waals surface area contributed by atoms with Crippen LogP contribution >= 0.6 is 0 Å². The number of nitriles is 8. The summed E-state index contributed by atoms with van der Waals surface area (Å²) in [5, 5.41) is 81.0. The van der Waals surface area contributed by atoms with Crippen LogP contribution in [-0.2, 0) is 22.7 Å². The van der Waals surface area contributed by atoms with Crippen LogP contribution in [0.3, 0.4) is 0 Å². The summed E-state index contributed by atoms with van der Waals surface area (Å²) >= 11 is 0. The molecular formula is C40H22N8O2. The molecule has 2 aliphatic carbocycles. The van der Waals surface area contributed by atoms with Crippen LogP contribution in [0.15, 0.2) is 59.7 Å². The number of hydrogen-bond donors (Lipinski definition) is 0. The molecule has 0 amide bonds. The number of hydrogen-bond acceptors (Lipinski definition) is 10. The minimum atomic E-state index is -0.253. The summed E-state index contributed by atoms with van der Waals surface area (Å²) in [5.41, 5.74) is 4.69. The first-order chi connectivity index (χ1) is 24.4. The molecular weight excluding hydrogens is 624 g/mol. The van der Waals surface area contributed by atoms with Gasteiger partial charge in [0.05, 0.1) is 47.6 Å². The quantitative estimate of drug-likeness (QED) is 0.229. The van der Waals surface area contributed by atoms with Gasteiger partial charge in [0.1, 0.15) is 47.6 Å². The summed E-state index contributed by atoms with van der Waals surface area (Å²) in [7, 11) is 0. The fourth-order valence-electron chi connectivity index (χ4n) is 6.21. The number of allylic oxidation sites excluding steroid dienone is 8. The zero-order valence-corrected chi connectivity index (χ0v) is 26.8. The van der Waals surface area contributed by atoms with Crippen molar-refractivity contribution < 1.29 is 9.47 Å². The highest BCUT2D eigenvalue weighted by atomic mass is 16.5. The van der Waals surface area contributed by atoms with E-state index >= 15 is 0 Å². The smallest absolute Gasteiger partial charge is 0.138 e. The molecule has 0 aromatic heterocycles. The highest BCUT2D eigenvalue weighted by molar-refractivity contribution is 6.28. The Kier molecular flexibility index (Phi) is 9.79. The molecule has 0 saturated heterocycles. The third kappa shape index (κ3) is 5.56. The molecule has 0 bridgehead atoms. The van der Waals surface area contributed by atoms with Gasteiger partial charge in [-0.2, -0.15) is 42.1 Å². The summed E-state index contributed by atoms with van der Waals surface area (Å²) in [6, 6.07) is 29.6. The Hall–Kier alpha value is -7.54. The zero-order chi connectivity index (χ0) is 35.9. The molecule has 0 atom stereocenters. The van der Waals surface area contributed by atoms with E-state index in [1.165, 1.54) is 0 Å². The number of benzene rings is 3. The van der Waals surface area contributed by atoms with Gasteiger partial charge in [-0.15, -0.1) is 0 Å². The van der Waals surface area contributed by atoms with Crippen molar-refractivity contribution in [2.75, 3.05) is 13.2 Å². The van der Waals surface area contributed by atoms with Crippen LogP contribution in [0.25, 0.3) is 33.4 Å². The van der Waals surface area contributed by atoms with E-state index in [2.05, 4.69) is 24.3 Å². The topological polar surface area (TPSA) is 209 Å². The van der Waals surface area contributed by atoms with E-state index in [1.54, 1.807) is 48.5 Å². The van der Waals surface area contributed by atoms with Crippen LogP contribution < -0.4 is 0 Å². The minimum Gasteiger partial charge on any atom is -0.377 e. The predicted octanol–water partition coefficient (Wildman–Crippen LogP) is 7.00. The van der Waals surface area contributed by atoms with Crippen LogP contribution in [0.2, 0.25) is 0 Å². The SMILES string of the molecule is CCOCc1cc2c(cc1C#N)C(C#N)=C(c1cccc(C3=C(C#N)c4cc(C#N)c(COCC)cc4C3=C(C#N)C#N)c1)C2=C(C#N)C#N. The fourth-order valence-corrected chi connectivity index (χ4v) is 6.21. The third-order valence-corrected chi connectivity index (χ3v) is 8.34. The normalized spacial score (nSPS) is 12.3. The van der Waals surface area contributed by atoms with Gasteiger partial charge in [-0.05, 0) is 77.6 Å². The molecule has 10 heteroatoms. The van der Waals surface area contributed by atoms with Gasteiger partial charge in [0.2, 0.25) is 0 Å². The highest BCUT2D eigenvalue weighted by Gasteiger charge is 2.35. The Morgan fingerprint density at radius 1 is 0.520 bits per heavy atom. The van der Waals surface area contributed by atoms with Gasteiger partial charge in [0.15, 0.2) is 0 Å². The number of nitrogens with zero attached hydrogens (tertiary/aromatic N) is 8. The van der Waals surface area contributed by atoms with Crippen molar-refractivity contribution >= 4 is 33.4 Å². The van der Waals surface area contributed by atoms with Crippen molar-refractivity contribution in [3.8, 4) is 48.6 Å². The van der Waals surface area contributed by atoms with E-state index in [0.717, 1.165) is 0 Å². The van der Waals surface area contributed by atoms with E-state index < -0.39 is 0 Å². The van der Waals surface area contributed by atoms with Crippen molar-refractivity contribution in [2.24, 2.45) is 0 Å². The molecule has 0 saturated carbocycles. The molecule has 0 N–H and O–H groups in total. The third-order valence-electron chi connectivity index (χ3n) is 8.34. The van der Waals surface area contributed by atoms with Gasteiger partial charge in [-0.1, -0.05) is 18.2 Å². The van der Waals surface area contributed by atoms with Gasteiger partial charge in [-0.25, -0.2) is 0 Å². The lowest BCUT2D eigenvalue weighted by molar-refractivity contribution is 0.134. The highest BCUT2D eigenvalue weighted by Crippen LogP contribution is 2.51. The van der Waals surface area contributed by atoms with Gasteiger partial charge in [-0.3, -0.25) is 0 Å². The van der Waals surface area contributed by atoms with Crippen LogP contribution in [0, 0.1) is 90.6 Å². The largest absolute Gasteiger partial charge is 0.377 e. The molecule has 0 heterocycles. The lowest BCUT2D eigenvalue weighted by Gasteiger charge is -2.13. The van der Waals surface area contributed by atoms with Gasteiger partial charge in [0.25, 0.3) is 0 Å². The molecule has 3 aromatic carbocycles. The van der Waals surface area contributed by atoms with Gasteiger partial charge >= 0.3 is 0 Å². The zero-order valence-electron chi connectivity index (χ0n) is 26.8. The monoisotopic (exact) mass is 646 g/mol. The summed E-state index contributed by atoms with van der Waals surface area (Å²) in [6.45, 7) is 4.59. The van der Waals surface area contributed by atoms with Gasteiger partial charge < -0.3 is 9.47 Å². The van der Waals surface area contributed by atoms with Gasteiger partial charge in [0, 0.05) is 46.6 Å². The second-order valence-electron chi connectivity index (χ2n) is 10.9. The molecule has 0 fully saturated rings. The van der Waals surface area contributed by atoms with Crippen molar-refractivity contribution in [1.82, 2.24) is 0 Å². The van der Waals surface area contributed by atoms with Crippen molar-refractivity contribution in [1.29, 1.82) is 42.1 Å². The van der Waals surface area contributed by atoms with Crippen molar-refractivity contribution in [2.45, 2.75) is 27.1 Å². The second-order valence-corrected chi connectivity index (χ2v) is 10.9. The average molecular weight is 647 g/mol. The molecule has 3 aromatic rings. The van der Waals surface area contributed by atoms with E-state index in [4.69, 9.17) is 9.47 Å². The Bertz CT molecular complexity index is 2290. The summed E-state index contributed by atoms with van der Waals surface area (Å²) in [6.07, 6.45) is 0. The molecule has 2 aliphatic rings. The van der Waals surface area contributed by atoms with Crippen LogP contribution in [0.1, 0.15) is 69.5 Å². The van der Waals surface area contributed by atoms with E-state index in [9.17, 15) is 42.1 Å². The molecule has 10 nitrogen and oxygen atoms in total. The Balaban J connectivity index is 1.82. The standard InChI is InChI=1S/C40H22N8O2/c1-3-49-21-27-11-33-31(9-25(27)13-41)35(19-47)37(39(33)29(15-43)16-44)23-6-5-7-24(8-23)38-36(20-48)32-10-26(14-42)28(22-50-4-2)12-34(32)40(38)30(17-45)18-46/h5-12H,3-4,21-22H2,1-2H3. The number of ether oxygens (including phenoxy) is 2. The summed E-state index contributed by atoms with van der Waals surface area (Å²) in [5.74, 6) is 0. The lowest BCUT2D eigenvalue weighted by Crippen LogP contribution is -1.99. The molecule has 50 heavy (non-hydrogen) atoms. The predicted molar refractivity (Wildman–Crippen MR) is 181 cm³/mol. The Morgan fingerprint density at radius 3 is 1.24 bits per heavy atom. The van der Waals surface area contributed by atoms with Crippen LogP contribution in [0.4, 0.5) is 0 Å². The minimum absolute atomic E-state index is 0.0990. The Morgan fingerprint density at radius 2 is 0.920 bits per heavy atom. The lowest BCUT2D eigenvalue weighted by atomic mass is 9.88. The second kappa shape index (κ2) is 14.5. The maximum atomic E-state index is 10.5. The van der Waals surface area contributed by atoms with Crippen LogP contribution in [-0.4, -0.2) is 13.2 Å². The van der Waals surface area contributed by atoms with E-state index in [0.29, 0.717) is 57.7 Å². The van der Waals surface area contributed by atoms with Crippen molar-refractivity contribution in [3.63, 3.8) is 0 Å². The fraction of sp³-hybridized carbons (Fsp3) is 0.150. The maximum absolute atomic E-state index is 10.5. The van der Waals surface area contributed by atoms with Crippen LogP contribution in [0.5, 0.6) is 0 Å². The summed E-state index contributed by atoms with van der Waals surface area (Å²) in [4.78, 5) is 0. The molecule has 0 spiro atoms. The van der Waals surface area contributed by atoms with E-state index in [1.807, 2.05) is 38.1 Å². The summed E-state index contributed by atoms with van der Waals surface area (Å²) < 4.78 is 11.1. The number of rotatable bonds is 8. The maximum Gasteiger partial charge on any atom is 0.138 e. The molecule has 0 aliphatic heterocycles. The molecule has 234 valence electrons. The average Bonchev–Trinajstić information content (AvgIpc) is 3.64. The van der Waals surface area contributed by atoms with Crippen molar-refractivity contribution in [3.05, 3.63) is 115 Å².